The molecule has 0 radical (unpaired) electrons. The van der Waals surface area contributed by atoms with Crippen LogP contribution in [0.2, 0.25) is 0 Å². The van der Waals surface area contributed by atoms with Gasteiger partial charge in [-0.05, 0) is 19.9 Å². The number of likely N-dealkylation sites (N-methyl/N-ethyl adjacent to an activating group) is 1. The summed E-state index contributed by atoms with van der Waals surface area (Å²) in [7, 11) is 0. The standard InChI is InChI=1S/C9H17N3O2/c1-2-11-8(13)7-12-5-3-4-10-6-9(12)14/h10H,2-7H2,1H3,(H,11,13). The third kappa shape index (κ3) is 3.33. The molecule has 1 aliphatic rings. The number of nitrogens with zero attached hydrogens (tertiary/aromatic N) is 1. The Labute approximate surface area is 83.8 Å². The van der Waals surface area contributed by atoms with E-state index in [9.17, 15) is 9.59 Å². The van der Waals surface area contributed by atoms with Crippen molar-refractivity contribution in [2.24, 2.45) is 0 Å². The van der Waals surface area contributed by atoms with E-state index in [1.165, 1.54) is 0 Å². The van der Waals surface area contributed by atoms with Crippen LogP contribution >= 0.6 is 0 Å². The van der Waals surface area contributed by atoms with Crippen molar-refractivity contribution in [3.63, 3.8) is 0 Å². The Morgan fingerprint density at radius 1 is 1.64 bits per heavy atom. The first kappa shape index (κ1) is 11.0. The maximum absolute atomic E-state index is 11.4. The van der Waals surface area contributed by atoms with Crippen LogP contribution in [0, 0.1) is 0 Å². The summed E-state index contributed by atoms with van der Waals surface area (Å²) in [5, 5.41) is 5.69. The number of hydrogen-bond acceptors (Lipinski definition) is 3. The Hall–Kier alpha value is -1.10. The second-order valence-corrected chi connectivity index (χ2v) is 3.30. The SMILES string of the molecule is CCNC(=O)CN1CCCNCC1=O. The summed E-state index contributed by atoms with van der Waals surface area (Å²) in [6.07, 6.45) is 0.908. The molecule has 0 spiro atoms. The molecule has 1 heterocycles. The van der Waals surface area contributed by atoms with Crippen LogP contribution in [-0.2, 0) is 9.59 Å². The van der Waals surface area contributed by atoms with Gasteiger partial charge in [-0.3, -0.25) is 9.59 Å². The number of hydrogen-bond donors (Lipinski definition) is 2. The normalized spacial score (nSPS) is 17.8. The summed E-state index contributed by atoms with van der Waals surface area (Å²) in [4.78, 5) is 24.3. The van der Waals surface area contributed by atoms with Crippen LogP contribution in [0.5, 0.6) is 0 Å². The molecule has 0 bridgehead atoms. The monoisotopic (exact) mass is 199 g/mol. The van der Waals surface area contributed by atoms with Gasteiger partial charge in [0.2, 0.25) is 11.8 Å². The molecular formula is C9H17N3O2. The Kier molecular flexibility index (Phi) is 4.39. The van der Waals surface area contributed by atoms with Crippen molar-refractivity contribution >= 4 is 11.8 Å². The highest BCUT2D eigenvalue weighted by Gasteiger charge is 2.18. The lowest BCUT2D eigenvalue weighted by Crippen LogP contribution is -2.42. The zero-order valence-corrected chi connectivity index (χ0v) is 8.51. The molecule has 1 saturated heterocycles. The Morgan fingerprint density at radius 2 is 2.43 bits per heavy atom. The highest BCUT2D eigenvalue weighted by atomic mass is 16.2. The van der Waals surface area contributed by atoms with Gasteiger partial charge in [-0.25, -0.2) is 0 Å². The summed E-state index contributed by atoms with van der Waals surface area (Å²) in [5.74, 6) is -0.0727. The van der Waals surface area contributed by atoms with Gasteiger partial charge in [-0.1, -0.05) is 0 Å². The van der Waals surface area contributed by atoms with E-state index in [-0.39, 0.29) is 18.4 Å². The molecule has 1 rings (SSSR count). The van der Waals surface area contributed by atoms with E-state index in [1.807, 2.05) is 6.92 Å². The molecule has 0 aromatic carbocycles. The second kappa shape index (κ2) is 5.59. The van der Waals surface area contributed by atoms with E-state index in [2.05, 4.69) is 10.6 Å². The van der Waals surface area contributed by atoms with Crippen LogP contribution < -0.4 is 10.6 Å². The lowest BCUT2D eigenvalue weighted by atomic mass is 10.4. The molecule has 0 unspecified atom stereocenters. The predicted molar refractivity (Wildman–Crippen MR) is 52.8 cm³/mol. The smallest absolute Gasteiger partial charge is 0.239 e. The number of rotatable bonds is 3. The molecular weight excluding hydrogens is 182 g/mol. The average molecular weight is 199 g/mol. The van der Waals surface area contributed by atoms with Crippen LogP contribution in [0.3, 0.4) is 0 Å². The molecule has 14 heavy (non-hydrogen) atoms. The fourth-order valence-electron chi connectivity index (χ4n) is 1.42. The van der Waals surface area contributed by atoms with Crippen molar-refractivity contribution in [3.05, 3.63) is 0 Å². The Morgan fingerprint density at radius 3 is 3.14 bits per heavy atom. The van der Waals surface area contributed by atoms with E-state index < -0.39 is 0 Å². The Bertz CT molecular complexity index is 218. The van der Waals surface area contributed by atoms with Crippen LogP contribution in [0.1, 0.15) is 13.3 Å². The van der Waals surface area contributed by atoms with Gasteiger partial charge in [0.05, 0.1) is 13.1 Å². The van der Waals surface area contributed by atoms with Gasteiger partial charge in [0, 0.05) is 13.1 Å². The van der Waals surface area contributed by atoms with E-state index in [0.29, 0.717) is 19.6 Å². The highest BCUT2D eigenvalue weighted by Crippen LogP contribution is 1.96. The minimum Gasteiger partial charge on any atom is -0.355 e. The zero-order valence-electron chi connectivity index (χ0n) is 8.51. The molecule has 2 N–H and O–H groups in total. The number of carbonyl (C=O) groups is 2. The first-order chi connectivity index (χ1) is 6.74. The largest absolute Gasteiger partial charge is 0.355 e. The molecule has 0 atom stereocenters. The van der Waals surface area contributed by atoms with Gasteiger partial charge in [0.15, 0.2) is 0 Å². The van der Waals surface area contributed by atoms with Gasteiger partial charge in [0.1, 0.15) is 0 Å². The van der Waals surface area contributed by atoms with Gasteiger partial charge < -0.3 is 15.5 Å². The first-order valence-corrected chi connectivity index (χ1v) is 4.99. The minimum absolute atomic E-state index is 0.00810. The van der Waals surface area contributed by atoms with Crippen molar-refractivity contribution in [2.45, 2.75) is 13.3 Å². The van der Waals surface area contributed by atoms with Crippen LogP contribution in [0.15, 0.2) is 0 Å². The van der Waals surface area contributed by atoms with Gasteiger partial charge in [-0.2, -0.15) is 0 Å². The van der Waals surface area contributed by atoms with Gasteiger partial charge in [-0.15, -0.1) is 0 Å². The Balaban J connectivity index is 2.40. The molecule has 2 amide bonds. The minimum atomic E-state index is -0.0808. The zero-order chi connectivity index (χ0) is 10.4. The van der Waals surface area contributed by atoms with Crippen LogP contribution in [0.25, 0.3) is 0 Å². The molecule has 1 fully saturated rings. The van der Waals surface area contributed by atoms with Crippen molar-refractivity contribution in [3.8, 4) is 0 Å². The quantitative estimate of drug-likeness (QED) is 0.609. The second-order valence-electron chi connectivity index (χ2n) is 3.30. The first-order valence-electron chi connectivity index (χ1n) is 4.99. The molecule has 1 aliphatic heterocycles. The van der Waals surface area contributed by atoms with E-state index >= 15 is 0 Å². The fraction of sp³-hybridized carbons (Fsp3) is 0.778. The summed E-state index contributed by atoms with van der Waals surface area (Å²) < 4.78 is 0. The number of carbonyl (C=O) groups excluding carboxylic acids is 2. The van der Waals surface area contributed by atoms with Crippen molar-refractivity contribution in [1.82, 2.24) is 15.5 Å². The maximum Gasteiger partial charge on any atom is 0.239 e. The third-order valence-electron chi connectivity index (χ3n) is 2.12. The number of amides is 2. The van der Waals surface area contributed by atoms with Crippen LogP contribution in [0.4, 0.5) is 0 Å². The number of nitrogens with one attached hydrogen (secondary N) is 2. The molecule has 5 nitrogen and oxygen atoms in total. The molecule has 0 aromatic heterocycles. The average Bonchev–Trinajstić information content (AvgIpc) is 2.33. The summed E-state index contributed by atoms with van der Waals surface area (Å²) in [5.41, 5.74) is 0. The third-order valence-corrected chi connectivity index (χ3v) is 2.12. The lowest BCUT2D eigenvalue weighted by Gasteiger charge is -2.18. The highest BCUT2D eigenvalue weighted by molar-refractivity contribution is 5.85. The molecule has 80 valence electrons. The topological polar surface area (TPSA) is 61.4 Å². The van der Waals surface area contributed by atoms with Crippen LogP contribution in [-0.4, -0.2) is 49.4 Å². The van der Waals surface area contributed by atoms with E-state index in [0.717, 1.165) is 13.0 Å². The summed E-state index contributed by atoms with van der Waals surface area (Å²) in [6.45, 7) is 4.52. The van der Waals surface area contributed by atoms with Gasteiger partial charge >= 0.3 is 0 Å². The van der Waals surface area contributed by atoms with Crippen molar-refractivity contribution in [2.75, 3.05) is 32.7 Å². The molecule has 0 aromatic rings. The molecule has 5 heteroatoms. The molecule has 0 aliphatic carbocycles. The predicted octanol–water partition coefficient (Wildman–Crippen LogP) is -1.06. The van der Waals surface area contributed by atoms with Crippen molar-refractivity contribution < 1.29 is 9.59 Å². The van der Waals surface area contributed by atoms with Gasteiger partial charge in [0.25, 0.3) is 0 Å². The molecule has 0 saturated carbocycles. The van der Waals surface area contributed by atoms with E-state index in [1.54, 1.807) is 4.90 Å². The van der Waals surface area contributed by atoms with E-state index in [4.69, 9.17) is 0 Å². The maximum atomic E-state index is 11.4. The lowest BCUT2D eigenvalue weighted by molar-refractivity contribution is -0.134. The summed E-state index contributed by atoms with van der Waals surface area (Å²) in [6, 6.07) is 0. The van der Waals surface area contributed by atoms with Crippen molar-refractivity contribution in [1.29, 1.82) is 0 Å². The summed E-state index contributed by atoms with van der Waals surface area (Å²) >= 11 is 0. The fourth-order valence-corrected chi connectivity index (χ4v) is 1.42.